The molecule has 0 radical (unpaired) electrons. The van der Waals surface area contributed by atoms with Crippen LogP contribution in [0.3, 0.4) is 0 Å². The number of hydrogen-bond donors (Lipinski definition) is 2. The van der Waals surface area contributed by atoms with Crippen LogP contribution in [0.15, 0.2) is 42.5 Å². The van der Waals surface area contributed by atoms with Crippen molar-refractivity contribution in [3.8, 4) is 11.5 Å². The summed E-state index contributed by atoms with van der Waals surface area (Å²) < 4.78 is 49.0. The van der Waals surface area contributed by atoms with Gasteiger partial charge in [-0.1, -0.05) is 17.7 Å². The third-order valence-corrected chi connectivity index (χ3v) is 3.85. The number of carbonyl (C=O) groups excluding carboxylic acids is 2. The number of ether oxygens (including phenoxy) is 2. The fraction of sp³-hybridized carbons (Fsp3) is 0.158. The van der Waals surface area contributed by atoms with Gasteiger partial charge in [0, 0.05) is 11.8 Å². The van der Waals surface area contributed by atoms with Crippen molar-refractivity contribution < 1.29 is 32.2 Å². The zero-order valence-corrected chi connectivity index (χ0v) is 15.8. The average molecular weight is 429 g/mol. The number of carbonyl (C=O) groups is 2. The van der Waals surface area contributed by atoms with E-state index < -0.39 is 28.6 Å². The normalized spacial score (nSPS) is 11.3. The Morgan fingerprint density at radius 2 is 1.90 bits per heavy atom. The van der Waals surface area contributed by atoms with Crippen molar-refractivity contribution in [2.24, 2.45) is 5.73 Å². The number of benzene rings is 2. The molecule has 0 atom stereocenters. The number of anilines is 1. The Bertz CT molecular complexity index is 946. The van der Waals surface area contributed by atoms with Gasteiger partial charge < -0.3 is 20.5 Å². The van der Waals surface area contributed by atoms with E-state index in [1.54, 1.807) is 12.1 Å². The number of amides is 2. The molecule has 2 aromatic carbocycles. The van der Waals surface area contributed by atoms with Crippen LogP contribution in [0.2, 0.25) is 5.02 Å². The number of nitrogens with two attached hydrogens (primary N) is 1. The number of halogens is 4. The topological polar surface area (TPSA) is 90.7 Å². The Hall–Kier alpha value is -3.20. The molecule has 0 saturated carbocycles. The van der Waals surface area contributed by atoms with E-state index in [2.05, 4.69) is 5.32 Å². The van der Waals surface area contributed by atoms with Crippen LogP contribution >= 0.6 is 11.6 Å². The molecule has 2 amide bonds. The molecule has 0 heterocycles. The Morgan fingerprint density at radius 3 is 2.52 bits per heavy atom. The maximum atomic E-state index is 12.9. The van der Waals surface area contributed by atoms with Crippen LogP contribution < -0.4 is 20.5 Å². The molecule has 0 bridgehead atoms. The SMILES string of the molecule is COc1cc(/C=C/C(=O)Nc2ccc(Cl)c(C(F)(F)F)c2)ccc1OCC(N)=O. The molecular weight excluding hydrogens is 413 g/mol. The van der Waals surface area contributed by atoms with Crippen molar-refractivity contribution in [2.45, 2.75) is 6.18 Å². The first-order valence-electron chi connectivity index (χ1n) is 8.05. The number of primary amides is 1. The van der Waals surface area contributed by atoms with Gasteiger partial charge in [0.15, 0.2) is 18.1 Å². The van der Waals surface area contributed by atoms with E-state index in [-0.39, 0.29) is 18.0 Å². The first kappa shape index (κ1) is 22.1. The summed E-state index contributed by atoms with van der Waals surface area (Å²) in [4.78, 5) is 22.8. The minimum atomic E-state index is -4.64. The predicted octanol–water partition coefficient (Wildman–Crippen LogP) is 3.88. The summed E-state index contributed by atoms with van der Waals surface area (Å²) in [6.45, 7) is -0.324. The summed E-state index contributed by atoms with van der Waals surface area (Å²) in [5.41, 5.74) is 4.47. The smallest absolute Gasteiger partial charge is 0.417 e. The van der Waals surface area contributed by atoms with Crippen molar-refractivity contribution in [2.75, 3.05) is 19.0 Å². The van der Waals surface area contributed by atoms with Crippen molar-refractivity contribution in [3.63, 3.8) is 0 Å². The number of hydrogen-bond acceptors (Lipinski definition) is 4. The molecule has 3 N–H and O–H groups in total. The molecule has 2 aromatic rings. The van der Waals surface area contributed by atoms with Gasteiger partial charge in [-0.3, -0.25) is 9.59 Å². The largest absolute Gasteiger partial charge is 0.493 e. The maximum absolute atomic E-state index is 12.9. The van der Waals surface area contributed by atoms with Gasteiger partial charge >= 0.3 is 6.18 Å². The van der Waals surface area contributed by atoms with Gasteiger partial charge in [-0.2, -0.15) is 13.2 Å². The molecule has 2 rings (SSSR count). The van der Waals surface area contributed by atoms with Crippen LogP contribution in [0.4, 0.5) is 18.9 Å². The fourth-order valence-corrected chi connectivity index (χ4v) is 2.46. The summed E-state index contributed by atoms with van der Waals surface area (Å²) in [5.74, 6) is -0.702. The fourth-order valence-electron chi connectivity index (χ4n) is 2.23. The Kier molecular flexibility index (Phi) is 7.11. The standard InChI is InChI=1S/C19H16ClF3N2O4/c1-28-16-8-11(2-6-15(16)29-10-17(24)26)3-7-18(27)25-12-4-5-14(20)13(9-12)19(21,22)23/h2-9H,10H2,1H3,(H2,24,26)(H,25,27)/b7-3+. The lowest BCUT2D eigenvalue weighted by Crippen LogP contribution is -2.20. The van der Waals surface area contributed by atoms with Crippen molar-refractivity contribution in [1.29, 1.82) is 0 Å². The van der Waals surface area contributed by atoms with E-state index >= 15 is 0 Å². The second-order valence-electron chi connectivity index (χ2n) is 5.68. The minimum absolute atomic E-state index is 0.0517. The van der Waals surface area contributed by atoms with E-state index in [1.165, 1.54) is 25.3 Å². The Balaban J connectivity index is 2.10. The lowest BCUT2D eigenvalue weighted by Gasteiger charge is -2.11. The number of methoxy groups -OCH3 is 1. The Morgan fingerprint density at radius 1 is 1.17 bits per heavy atom. The van der Waals surface area contributed by atoms with Crippen LogP contribution in [-0.4, -0.2) is 25.5 Å². The van der Waals surface area contributed by atoms with E-state index in [9.17, 15) is 22.8 Å². The van der Waals surface area contributed by atoms with E-state index in [1.807, 2.05) is 0 Å². The second-order valence-corrected chi connectivity index (χ2v) is 6.09. The molecule has 0 spiro atoms. The molecule has 29 heavy (non-hydrogen) atoms. The van der Waals surface area contributed by atoms with Crippen LogP contribution in [0.25, 0.3) is 6.08 Å². The highest BCUT2D eigenvalue weighted by molar-refractivity contribution is 6.31. The monoisotopic (exact) mass is 428 g/mol. The lowest BCUT2D eigenvalue weighted by molar-refractivity contribution is -0.137. The molecule has 0 aromatic heterocycles. The molecule has 0 unspecified atom stereocenters. The van der Waals surface area contributed by atoms with Gasteiger partial charge in [0.25, 0.3) is 5.91 Å². The van der Waals surface area contributed by atoms with Crippen LogP contribution in [0.1, 0.15) is 11.1 Å². The van der Waals surface area contributed by atoms with Gasteiger partial charge in [0.05, 0.1) is 17.7 Å². The first-order chi connectivity index (χ1) is 13.6. The summed E-state index contributed by atoms with van der Waals surface area (Å²) in [5, 5.41) is 1.87. The third kappa shape index (κ3) is 6.42. The summed E-state index contributed by atoms with van der Waals surface area (Å²) >= 11 is 5.55. The molecule has 154 valence electrons. The highest BCUT2D eigenvalue weighted by Gasteiger charge is 2.33. The zero-order valence-electron chi connectivity index (χ0n) is 15.0. The lowest BCUT2D eigenvalue weighted by atomic mass is 10.1. The molecule has 0 fully saturated rings. The number of alkyl halides is 3. The number of nitrogens with one attached hydrogen (secondary N) is 1. The highest BCUT2D eigenvalue weighted by Crippen LogP contribution is 2.36. The van der Waals surface area contributed by atoms with Gasteiger partial charge in [-0.05, 0) is 42.0 Å². The molecular formula is C19H16ClF3N2O4. The average Bonchev–Trinajstić information content (AvgIpc) is 2.65. The summed E-state index contributed by atoms with van der Waals surface area (Å²) in [6.07, 6.45) is -2.07. The van der Waals surface area contributed by atoms with Gasteiger partial charge in [-0.15, -0.1) is 0 Å². The van der Waals surface area contributed by atoms with E-state index in [4.69, 9.17) is 26.8 Å². The Labute approximate surface area is 169 Å². The quantitative estimate of drug-likeness (QED) is 0.655. The van der Waals surface area contributed by atoms with Crippen LogP contribution in [0.5, 0.6) is 11.5 Å². The first-order valence-corrected chi connectivity index (χ1v) is 8.43. The van der Waals surface area contributed by atoms with Crippen molar-refractivity contribution in [3.05, 3.63) is 58.6 Å². The highest BCUT2D eigenvalue weighted by atomic mass is 35.5. The van der Waals surface area contributed by atoms with Gasteiger partial charge in [-0.25, -0.2) is 0 Å². The van der Waals surface area contributed by atoms with E-state index in [0.717, 1.165) is 18.2 Å². The third-order valence-electron chi connectivity index (χ3n) is 3.52. The molecule has 0 aliphatic heterocycles. The van der Waals surface area contributed by atoms with Gasteiger partial charge in [0.1, 0.15) is 0 Å². The van der Waals surface area contributed by atoms with Crippen molar-refractivity contribution >= 4 is 35.2 Å². The molecule has 0 saturated heterocycles. The van der Waals surface area contributed by atoms with Crippen LogP contribution in [0, 0.1) is 0 Å². The van der Waals surface area contributed by atoms with Crippen molar-refractivity contribution in [1.82, 2.24) is 0 Å². The van der Waals surface area contributed by atoms with Gasteiger partial charge in [0.2, 0.25) is 5.91 Å². The number of rotatable bonds is 7. The minimum Gasteiger partial charge on any atom is -0.493 e. The summed E-state index contributed by atoms with van der Waals surface area (Å²) in [6, 6.07) is 7.73. The summed E-state index contributed by atoms with van der Waals surface area (Å²) in [7, 11) is 1.39. The molecule has 6 nitrogen and oxygen atoms in total. The molecule has 0 aliphatic carbocycles. The molecule has 0 aliphatic rings. The zero-order chi connectivity index (χ0) is 21.6. The molecule has 10 heteroatoms. The second kappa shape index (κ2) is 9.33. The maximum Gasteiger partial charge on any atom is 0.417 e. The van der Waals surface area contributed by atoms with E-state index in [0.29, 0.717) is 11.3 Å². The predicted molar refractivity (Wildman–Crippen MR) is 102 cm³/mol. The van der Waals surface area contributed by atoms with Crippen LogP contribution in [-0.2, 0) is 15.8 Å².